The molecule has 4 N–H and O–H groups in total. The van der Waals surface area contributed by atoms with Crippen LogP contribution in [-0.2, 0) is 0 Å². The fourth-order valence-electron chi connectivity index (χ4n) is 7.02. The first-order chi connectivity index (χ1) is 28.3. The molecule has 0 heterocycles. The Morgan fingerprint density at radius 3 is 1.26 bits per heavy atom. The number of phenolic OH excluding ortho intramolecular Hbond substituents is 2. The number of amides is 2. The van der Waals surface area contributed by atoms with Crippen LogP contribution in [-0.4, -0.2) is 27.8 Å². The lowest BCUT2D eigenvalue weighted by molar-refractivity contribution is 0.101. The van der Waals surface area contributed by atoms with E-state index in [0.29, 0.717) is 66.5 Å². The van der Waals surface area contributed by atoms with Crippen LogP contribution >= 0.6 is 0 Å². The number of anilines is 2. The number of rotatable bonds is 8. The number of phenols is 2. The van der Waals surface area contributed by atoms with Crippen molar-refractivity contribution in [3.63, 3.8) is 0 Å². The van der Waals surface area contributed by atoms with Gasteiger partial charge in [-0.3, -0.25) is 14.4 Å². The molecule has 9 rings (SSSR count). The van der Waals surface area contributed by atoms with Crippen molar-refractivity contribution < 1.29 is 24.6 Å². The summed E-state index contributed by atoms with van der Waals surface area (Å²) in [4.78, 5) is 40.3. The number of benzene rings is 8. The quantitative estimate of drug-likeness (QED) is 0.113. The summed E-state index contributed by atoms with van der Waals surface area (Å²) in [6.45, 7) is 0. The highest BCUT2D eigenvalue weighted by Gasteiger charge is 2.28. The van der Waals surface area contributed by atoms with Crippen LogP contribution in [0.5, 0.6) is 11.5 Å². The van der Waals surface area contributed by atoms with Gasteiger partial charge in [-0.15, -0.1) is 10.2 Å². The second kappa shape index (κ2) is 14.7. The molecule has 11 nitrogen and oxygen atoms in total. The van der Waals surface area contributed by atoms with E-state index < -0.39 is 11.8 Å². The molecule has 278 valence electrons. The monoisotopic (exact) mass is 758 g/mol. The van der Waals surface area contributed by atoms with E-state index >= 15 is 0 Å². The average Bonchev–Trinajstić information content (AvgIpc) is 3.53. The second-order valence-corrected chi connectivity index (χ2v) is 13.5. The molecule has 1 aliphatic carbocycles. The third-order valence-corrected chi connectivity index (χ3v) is 9.86. The van der Waals surface area contributed by atoms with Crippen LogP contribution in [0.4, 0.5) is 34.1 Å². The molecule has 8 aromatic rings. The van der Waals surface area contributed by atoms with Crippen LogP contribution in [0.25, 0.3) is 32.7 Å². The van der Waals surface area contributed by atoms with Crippen LogP contribution in [0.3, 0.4) is 0 Å². The van der Waals surface area contributed by atoms with Gasteiger partial charge in [-0.1, -0.05) is 97.1 Å². The minimum atomic E-state index is -0.504. The molecule has 0 radical (unpaired) electrons. The van der Waals surface area contributed by atoms with Gasteiger partial charge in [0, 0.05) is 33.3 Å². The lowest BCUT2D eigenvalue weighted by Gasteiger charge is -2.11. The summed E-state index contributed by atoms with van der Waals surface area (Å²) >= 11 is 0. The van der Waals surface area contributed by atoms with Crippen LogP contribution in [0.1, 0.15) is 36.6 Å². The van der Waals surface area contributed by atoms with Crippen molar-refractivity contribution in [1.29, 1.82) is 0 Å². The summed E-state index contributed by atoms with van der Waals surface area (Å²) in [5.74, 6) is -1.91. The van der Waals surface area contributed by atoms with Gasteiger partial charge in [0.05, 0.1) is 22.5 Å². The molecule has 0 bridgehead atoms. The molecule has 0 fully saturated rings. The third kappa shape index (κ3) is 6.58. The van der Waals surface area contributed by atoms with Crippen molar-refractivity contribution in [3.05, 3.63) is 180 Å². The number of azo groups is 2. The molecule has 8 aromatic carbocycles. The summed E-state index contributed by atoms with van der Waals surface area (Å²) < 4.78 is 0. The summed E-state index contributed by atoms with van der Waals surface area (Å²) in [6, 6.07) is 45.8. The topological polar surface area (TPSA) is 165 Å². The minimum absolute atomic E-state index is 0.0358. The maximum Gasteiger partial charge on any atom is 0.259 e. The molecule has 0 atom stereocenters. The average molecular weight is 759 g/mol. The largest absolute Gasteiger partial charge is 0.505 e. The van der Waals surface area contributed by atoms with Crippen LogP contribution in [0.2, 0.25) is 0 Å². The van der Waals surface area contributed by atoms with Crippen molar-refractivity contribution >= 4 is 73.3 Å². The Hall–Kier alpha value is -8.31. The van der Waals surface area contributed by atoms with Crippen molar-refractivity contribution in [3.8, 4) is 22.6 Å². The summed E-state index contributed by atoms with van der Waals surface area (Å²) in [6.07, 6.45) is 0. The van der Waals surface area contributed by atoms with Crippen molar-refractivity contribution in [2.75, 3.05) is 10.6 Å². The van der Waals surface area contributed by atoms with E-state index in [-0.39, 0.29) is 39.8 Å². The lowest BCUT2D eigenvalue weighted by Crippen LogP contribution is -2.12. The highest BCUT2D eigenvalue weighted by molar-refractivity contribution is 6.22. The molecule has 0 spiro atoms. The zero-order valence-electron chi connectivity index (χ0n) is 30.4. The predicted octanol–water partition coefficient (Wildman–Crippen LogP) is 12.0. The van der Waals surface area contributed by atoms with E-state index in [4.69, 9.17) is 0 Å². The zero-order chi connectivity index (χ0) is 39.8. The summed E-state index contributed by atoms with van der Waals surface area (Å²) in [5, 5.41) is 48.4. The number of ketones is 1. The SMILES string of the molecule is O=C1c2cc(/N=N/c3c(O)c(C(=O)Nc4ccccc4)cc4ccccc34)ccc2-c2ccc(/N=N/c3c(O)c(C(=O)Nc4ccccc4)cc4ccccc34)cc21. The Kier molecular flexibility index (Phi) is 8.99. The number of carbonyl (C=O) groups is 3. The van der Waals surface area contributed by atoms with Gasteiger partial charge >= 0.3 is 0 Å². The van der Waals surface area contributed by atoms with Gasteiger partial charge in [-0.25, -0.2) is 0 Å². The van der Waals surface area contributed by atoms with E-state index in [9.17, 15) is 24.6 Å². The maximum absolute atomic E-state index is 13.8. The number of nitrogens with one attached hydrogen (secondary N) is 2. The molecular weight excluding hydrogens is 729 g/mol. The molecule has 2 amide bonds. The second-order valence-electron chi connectivity index (χ2n) is 13.5. The van der Waals surface area contributed by atoms with Gasteiger partial charge in [0.2, 0.25) is 0 Å². The molecular formula is C47H30N6O5. The first-order valence-corrected chi connectivity index (χ1v) is 18.2. The summed E-state index contributed by atoms with van der Waals surface area (Å²) in [5.41, 5.74) is 4.40. The number of nitrogens with zero attached hydrogens (tertiary/aromatic N) is 4. The van der Waals surface area contributed by atoms with E-state index in [1.54, 1.807) is 121 Å². The molecule has 0 saturated carbocycles. The highest BCUT2D eigenvalue weighted by Crippen LogP contribution is 2.44. The number of hydrogen-bond acceptors (Lipinski definition) is 9. The fourth-order valence-corrected chi connectivity index (χ4v) is 7.02. The van der Waals surface area contributed by atoms with E-state index in [1.165, 1.54) is 0 Å². The van der Waals surface area contributed by atoms with Gasteiger partial charge in [-0.2, -0.15) is 10.2 Å². The molecule has 1 aliphatic rings. The summed E-state index contributed by atoms with van der Waals surface area (Å²) in [7, 11) is 0. The molecule has 0 aliphatic heterocycles. The van der Waals surface area contributed by atoms with E-state index in [1.807, 2.05) is 36.4 Å². The fraction of sp³-hybridized carbons (Fsp3) is 0. The molecule has 0 aromatic heterocycles. The number of para-hydroxylation sites is 2. The predicted molar refractivity (Wildman–Crippen MR) is 224 cm³/mol. The molecule has 11 heteroatoms. The highest BCUT2D eigenvalue weighted by atomic mass is 16.3. The van der Waals surface area contributed by atoms with E-state index in [0.717, 1.165) is 0 Å². The maximum atomic E-state index is 13.8. The number of aromatic hydroxyl groups is 2. The standard InChI is InChI=1S/C47H30N6O5/c54-43-37-25-31(50-52-41-33-17-9-7-11-27(33)23-39(44(41)55)46(57)48-29-13-3-1-4-14-29)19-21-35(37)36-22-20-32(26-38(36)43)51-53-42-34-18-10-8-12-28(34)24-40(45(42)56)47(58)49-30-15-5-2-6-16-30/h1-26,55-56H,(H,48,57)(H,49,58)/b52-50+,53-51+. The van der Waals surface area contributed by atoms with Crippen molar-refractivity contribution in [1.82, 2.24) is 0 Å². The van der Waals surface area contributed by atoms with Crippen LogP contribution < -0.4 is 10.6 Å². The number of carbonyl (C=O) groups excluding carboxylic acids is 3. The first-order valence-electron chi connectivity index (χ1n) is 18.2. The Labute approximate surface area is 330 Å². The lowest BCUT2D eigenvalue weighted by atomic mass is 10.0. The van der Waals surface area contributed by atoms with Gasteiger partial charge in [0.1, 0.15) is 11.4 Å². The van der Waals surface area contributed by atoms with E-state index in [2.05, 4.69) is 31.1 Å². The number of fused-ring (bicyclic) bond motifs is 5. The Balaban J connectivity index is 0.997. The minimum Gasteiger partial charge on any atom is -0.505 e. The van der Waals surface area contributed by atoms with Gasteiger partial charge < -0.3 is 20.8 Å². The smallest absolute Gasteiger partial charge is 0.259 e. The number of hydrogen-bond donors (Lipinski definition) is 4. The molecule has 58 heavy (non-hydrogen) atoms. The zero-order valence-corrected chi connectivity index (χ0v) is 30.4. The first kappa shape index (κ1) is 35.4. The normalized spacial score (nSPS) is 12.0. The molecule has 0 unspecified atom stereocenters. The Morgan fingerprint density at radius 2 is 0.828 bits per heavy atom. The van der Waals surface area contributed by atoms with Crippen molar-refractivity contribution in [2.24, 2.45) is 20.5 Å². The van der Waals surface area contributed by atoms with Crippen LogP contribution in [0.15, 0.2) is 178 Å². The third-order valence-electron chi connectivity index (χ3n) is 9.86. The Morgan fingerprint density at radius 1 is 0.431 bits per heavy atom. The van der Waals surface area contributed by atoms with Crippen molar-refractivity contribution in [2.45, 2.75) is 0 Å². The van der Waals surface area contributed by atoms with Gasteiger partial charge in [-0.05, 0) is 82.6 Å². The van der Waals surface area contributed by atoms with Gasteiger partial charge in [0.15, 0.2) is 17.3 Å². The van der Waals surface area contributed by atoms with Crippen LogP contribution in [0, 0.1) is 0 Å². The Bertz CT molecular complexity index is 2830. The molecule has 0 saturated heterocycles. The van der Waals surface area contributed by atoms with Gasteiger partial charge in [0.25, 0.3) is 11.8 Å².